The summed E-state index contributed by atoms with van der Waals surface area (Å²) in [5.74, 6) is 3.14. The number of hydrogen-bond donors (Lipinski definition) is 2. The minimum Gasteiger partial charge on any atom is -0.508 e. The monoisotopic (exact) mass is 538 g/mol. The highest BCUT2D eigenvalue weighted by molar-refractivity contribution is 5.41. The molecule has 0 amide bonds. The van der Waals surface area contributed by atoms with E-state index in [0.717, 1.165) is 53.7 Å². The molecule has 1 aromatic heterocycles. The number of ether oxygens (including phenoxy) is 1. The van der Waals surface area contributed by atoms with E-state index in [0.29, 0.717) is 12.4 Å². The smallest absolute Gasteiger partial charge is 0.185 e. The number of aromatic hydroxyl groups is 1. The zero-order valence-electron chi connectivity index (χ0n) is 25.5. The van der Waals surface area contributed by atoms with Gasteiger partial charge in [-0.15, -0.1) is 6.58 Å². The van der Waals surface area contributed by atoms with Gasteiger partial charge in [-0.1, -0.05) is 39.8 Å². The van der Waals surface area contributed by atoms with E-state index in [1.54, 1.807) is 12.1 Å². The quantitative estimate of drug-likeness (QED) is 0.188. The number of anilines is 1. The van der Waals surface area contributed by atoms with Crippen LogP contribution in [-0.4, -0.2) is 45.5 Å². The highest BCUT2D eigenvalue weighted by Crippen LogP contribution is 2.28. The van der Waals surface area contributed by atoms with E-state index in [-0.39, 0.29) is 11.9 Å². The van der Waals surface area contributed by atoms with Crippen LogP contribution in [0.2, 0.25) is 0 Å². The molecule has 0 unspecified atom stereocenters. The van der Waals surface area contributed by atoms with Crippen LogP contribution in [0, 0.1) is 25.7 Å². The summed E-state index contributed by atoms with van der Waals surface area (Å²) in [7, 11) is 0. The molecule has 0 bridgehead atoms. The molecule has 2 aromatic rings. The Bertz CT molecular complexity index is 999. The fraction of sp³-hybridized carbons (Fsp3) is 0.606. The van der Waals surface area contributed by atoms with E-state index in [9.17, 15) is 5.11 Å². The Morgan fingerprint density at radius 3 is 2.38 bits per heavy atom. The van der Waals surface area contributed by atoms with Crippen LogP contribution in [0.1, 0.15) is 89.5 Å². The maximum Gasteiger partial charge on any atom is 0.185 e. The van der Waals surface area contributed by atoms with Gasteiger partial charge in [0.1, 0.15) is 11.9 Å². The van der Waals surface area contributed by atoms with E-state index in [2.05, 4.69) is 56.2 Å². The molecule has 2 N–H and O–H groups in total. The standard InChI is InChI=1S/C27H42N4O2.C6H12/c1-6-14-30(15-7-2)18-23-9-12-26(13-10-23)33-22(5)28-27-16-21(4)31(29-27)19-24-17-25(32)11-8-20(24)3;1-4-5-6(2)3/h8,11,16-17,23,26,32H,5-7,9-10,12-15,18-19H2,1-4H3,(H,28,29);4,6H,1,5H2,2-3H3. The van der Waals surface area contributed by atoms with Crippen molar-refractivity contribution < 1.29 is 9.84 Å². The van der Waals surface area contributed by atoms with Crippen molar-refractivity contribution in [3.63, 3.8) is 0 Å². The lowest BCUT2D eigenvalue weighted by Gasteiger charge is -2.33. The Morgan fingerprint density at radius 2 is 1.82 bits per heavy atom. The second-order valence-corrected chi connectivity index (χ2v) is 11.5. The fourth-order valence-electron chi connectivity index (χ4n) is 5.15. The van der Waals surface area contributed by atoms with Gasteiger partial charge in [-0.25, -0.2) is 0 Å². The van der Waals surface area contributed by atoms with E-state index < -0.39 is 0 Å². The second-order valence-electron chi connectivity index (χ2n) is 11.5. The van der Waals surface area contributed by atoms with Crippen molar-refractivity contribution in [3.05, 3.63) is 66.2 Å². The minimum absolute atomic E-state index is 0.227. The predicted octanol–water partition coefficient (Wildman–Crippen LogP) is 8.05. The number of nitrogens with zero attached hydrogens (tertiary/aromatic N) is 3. The Kier molecular flexibility index (Phi) is 14.2. The van der Waals surface area contributed by atoms with Crippen LogP contribution in [0.15, 0.2) is 49.4 Å². The average molecular weight is 539 g/mol. The van der Waals surface area contributed by atoms with Gasteiger partial charge in [-0.05, 0) is 114 Å². The molecule has 0 atom stereocenters. The largest absolute Gasteiger partial charge is 0.508 e. The number of aromatic nitrogens is 2. The lowest BCUT2D eigenvalue weighted by Crippen LogP contribution is -2.34. The van der Waals surface area contributed by atoms with Crippen molar-refractivity contribution in [2.75, 3.05) is 25.0 Å². The van der Waals surface area contributed by atoms with Crippen LogP contribution in [0.5, 0.6) is 5.75 Å². The zero-order valence-corrected chi connectivity index (χ0v) is 25.5. The first-order valence-corrected chi connectivity index (χ1v) is 14.9. The Hall–Kier alpha value is -2.73. The van der Waals surface area contributed by atoms with Gasteiger partial charge in [0.05, 0.1) is 6.54 Å². The number of rotatable bonds is 14. The van der Waals surface area contributed by atoms with Crippen molar-refractivity contribution in [2.45, 2.75) is 99.1 Å². The van der Waals surface area contributed by atoms with E-state index in [1.807, 2.05) is 36.7 Å². The summed E-state index contributed by atoms with van der Waals surface area (Å²) in [6.45, 7) is 24.9. The normalized spacial score (nSPS) is 17.0. The summed E-state index contributed by atoms with van der Waals surface area (Å²) in [5.41, 5.74) is 3.22. The van der Waals surface area contributed by atoms with Gasteiger partial charge in [-0.3, -0.25) is 4.68 Å². The van der Waals surface area contributed by atoms with Crippen LogP contribution < -0.4 is 5.32 Å². The second kappa shape index (κ2) is 17.1. The summed E-state index contributed by atoms with van der Waals surface area (Å²) in [6, 6.07) is 7.44. The molecule has 1 heterocycles. The third-order valence-corrected chi connectivity index (χ3v) is 7.24. The van der Waals surface area contributed by atoms with Gasteiger partial charge in [-0.2, -0.15) is 5.10 Å². The lowest BCUT2D eigenvalue weighted by atomic mass is 9.87. The number of hydrogen-bond acceptors (Lipinski definition) is 5. The Balaban J connectivity index is 0.000000798. The number of aryl methyl sites for hydroxylation is 2. The molecule has 3 rings (SSSR count). The molecule has 1 aliphatic carbocycles. The Labute approximate surface area is 238 Å². The molecule has 1 saturated carbocycles. The molecule has 1 fully saturated rings. The number of benzene rings is 1. The highest BCUT2D eigenvalue weighted by atomic mass is 16.5. The highest BCUT2D eigenvalue weighted by Gasteiger charge is 2.24. The van der Waals surface area contributed by atoms with Crippen LogP contribution in [0.3, 0.4) is 0 Å². The van der Waals surface area contributed by atoms with Crippen molar-refractivity contribution >= 4 is 5.82 Å². The SMILES string of the molecule is C=C(Nc1cc(C)n(Cc2cc(O)ccc2C)n1)OC1CCC(CN(CCC)CCC)CC1.C=CCC(C)C. The zero-order chi connectivity index (χ0) is 28.8. The van der Waals surface area contributed by atoms with Crippen molar-refractivity contribution in [2.24, 2.45) is 11.8 Å². The average Bonchev–Trinajstić information content (AvgIpc) is 3.21. The number of phenolic OH excluding ortho intramolecular Hbond substituents is 1. The van der Waals surface area contributed by atoms with Gasteiger partial charge >= 0.3 is 0 Å². The summed E-state index contributed by atoms with van der Waals surface area (Å²) >= 11 is 0. The molecule has 0 spiro atoms. The molecule has 218 valence electrons. The maximum absolute atomic E-state index is 9.80. The van der Waals surface area contributed by atoms with Gasteiger partial charge in [0, 0.05) is 18.3 Å². The minimum atomic E-state index is 0.227. The third kappa shape index (κ3) is 11.9. The van der Waals surface area contributed by atoms with Gasteiger partial charge in [0.15, 0.2) is 11.7 Å². The maximum atomic E-state index is 9.80. The van der Waals surface area contributed by atoms with Crippen LogP contribution in [-0.2, 0) is 11.3 Å². The van der Waals surface area contributed by atoms with E-state index in [4.69, 9.17) is 4.74 Å². The molecule has 1 aliphatic rings. The number of phenols is 1. The topological polar surface area (TPSA) is 62.6 Å². The molecule has 6 heteroatoms. The van der Waals surface area contributed by atoms with Gasteiger partial charge in [0.25, 0.3) is 0 Å². The van der Waals surface area contributed by atoms with Crippen LogP contribution in [0.25, 0.3) is 0 Å². The molecular formula is C33H54N4O2. The molecule has 1 aromatic carbocycles. The van der Waals surface area contributed by atoms with E-state index >= 15 is 0 Å². The first kappa shape index (κ1) is 32.5. The summed E-state index contributed by atoms with van der Waals surface area (Å²) in [4.78, 5) is 2.63. The molecule has 0 saturated heterocycles. The number of nitrogens with one attached hydrogen (secondary N) is 1. The fourth-order valence-corrected chi connectivity index (χ4v) is 5.15. The Morgan fingerprint density at radius 1 is 1.15 bits per heavy atom. The third-order valence-electron chi connectivity index (χ3n) is 7.24. The van der Waals surface area contributed by atoms with Crippen molar-refractivity contribution in [1.82, 2.24) is 14.7 Å². The first-order valence-electron chi connectivity index (χ1n) is 14.9. The van der Waals surface area contributed by atoms with Crippen LogP contribution in [0.4, 0.5) is 5.82 Å². The predicted molar refractivity (Wildman–Crippen MR) is 165 cm³/mol. The van der Waals surface area contributed by atoms with Gasteiger partial charge < -0.3 is 20.1 Å². The molecule has 39 heavy (non-hydrogen) atoms. The van der Waals surface area contributed by atoms with Crippen LogP contribution >= 0.6 is 0 Å². The summed E-state index contributed by atoms with van der Waals surface area (Å²) in [6.07, 6.45) is 10.4. The lowest BCUT2D eigenvalue weighted by molar-refractivity contribution is 0.0623. The van der Waals surface area contributed by atoms with E-state index in [1.165, 1.54) is 45.3 Å². The van der Waals surface area contributed by atoms with Crippen molar-refractivity contribution in [3.8, 4) is 5.75 Å². The summed E-state index contributed by atoms with van der Waals surface area (Å²) < 4.78 is 8.08. The van der Waals surface area contributed by atoms with Crippen molar-refractivity contribution in [1.29, 1.82) is 0 Å². The number of allylic oxidation sites excluding steroid dienone is 1. The summed E-state index contributed by atoms with van der Waals surface area (Å²) in [5, 5.41) is 17.7. The molecule has 6 nitrogen and oxygen atoms in total. The first-order chi connectivity index (χ1) is 18.6. The molecule has 0 aliphatic heterocycles. The molecule has 0 radical (unpaired) electrons. The van der Waals surface area contributed by atoms with Gasteiger partial charge in [0.2, 0.25) is 0 Å². The molecular weight excluding hydrogens is 484 g/mol.